The molecule has 36 heavy (non-hydrogen) atoms. The smallest absolute Gasteiger partial charge is 0.338 e. The topological polar surface area (TPSA) is 101 Å². The Kier molecular flexibility index (Phi) is 5.41. The van der Waals surface area contributed by atoms with Crippen molar-refractivity contribution < 1.29 is 17.6 Å². The highest BCUT2D eigenvalue weighted by molar-refractivity contribution is 6.31. The molecule has 8 nitrogen and oxygen atoms in total. The molecule has 0 radical (unpaired) electrons. The number of nitrogens with zero attached hydrogens (tertiary/aromatic N) is 4. The van der Waals surface area contributed by atoms with Gasteiger partial charge >= 0.3 is 11.3 Å². The molecule has 186 valence electrons. The summed E-state index contributed by atoms with van der Waals surface area (Å²) in [7, 11) is 0. The molecular formula is C24H18ClF3N4O4. The fourth-order valence-corrected chi connectivity index (χ4v) is 5.39. The molecule has 0 N–H and O–H groups in total. The molecule has 1 aliphatic heterocycles. The summed E-state index contributed by atoms with van der Waals surface area (Å²) in [6.45, 7) is 1.28. The molecule has 1 aliphatic carbocycles. The van der Waals surface area contributed by atoms with Gasteiger partial charge in [0.25, 0.3) is 5.56 Å². The maximum Gasteiger partial charge on any atom is 0.338 e. The summed E-state index contributed by atoms with van der Waals surface area (Å²) < 4.78 is 47.8. The van der Waals surface area contributed by atoms with Crippen LogP contribution in [0, 0.1) is 29.5 Å². The zero-order valence-corrected chi connectivity index (χ0v) is 19.6. The van der Waals surface area contributed by atoms with Crippen LogP contribution in [0.2, 0.25) is 5.02 Å². The van der Waals surface area contributed by atoms with Gasteiger partial charge in [-0.3, -0.25) is 9.36 Å². The molecule has 0 unspecified atom stereocenters. The van der Waals surface area contributed by atoms with Gasteiger partial charge in [-0.2, -0.15) is 5.26 Å². The van der Waals surface area contributed by atoms with Crippen molar-refractivity contribution in [1.29, 1.82) is 5.26 Å². The molecule has 5 rings (SSSR count). The monoisotopic (exact) mass is 518 g/mol. The Morgan fingerprint density at radius 2 is 1.83 bits per heavy atom. The Bertz CT molecular complexity index is 1620. The van der Waals surface area contributed by atoms with Crippen molar-refractivity contribution in [2.24, 2.45) is 5.41 Å². The van der Waals surface area contributed by atoms with Crippen LogP contribution in [0.1, 0.15) is 18.6 Å². The van der Waals surface area contributed by atoms with E-state index in [2.05, 4.69) is 0 Å². The summed E-state index contributed by atoms with van der Waals surface area (Å²) >= 11 is 5.98. The molecule has 2 aliphatic rings. The van der Waals surface area contributed by atoms with Gasteiger partial charge in [0.05, 0.1) is 22.3 Å². The van der Waals surface area contributed by atoms with Crippen LogP contribution in [0.25, 0.3) is 16.8 Å². The van der Waals surface area contributed by atoms with Crippen LogP contribution in [-0.4, -0.2) is 28.1 Å². The van der Waals surface area contributed by atoms with E-state index < -0.39 is 40.6 Å². The van der Waals surface area contributed by atoms with Gasteiger partial charge in [-0.05, 0) is 24.6 Å². The normalized spacial score (nSPS) is 17.4. The fraction of sp³-hybridized carbons (Fsp3) is 0.333. The van der Waals surface area contributed by atoms with E-state index in [1.165, 1.54) is 25.1 Å². The van der Waals surface area contributed by atoms with E-state index >= 15 is 0 Å². The lowest BCUT2D eigenvalue weighted by Crippen LogP contribution is -2.67. The van der Waals surface area contributed by atoms with E-state index in [-0.39, 0.29) is 59.3 Å². The third-order valence-electron chi connectivity index (χ3n) is 6.51. The predicted molar refractivity (Wildman–Crippen MR) is 124 cm³/mol. The van der Waals surface area contributed by atoms with Gasteiger partial charge in [-0.25, -0.2) is 27.3 Å². The molecule has 12 heteroatoms. The molecule has 0 atom stereocenters. The zero-order valence-electron chi connectivity index (χ0n) is 18.9. The standard InChI is InChI=1S/C24H18ClF3N4O4/c1-13-6-15(8-18(33)36-13)32-21(34)19(14-2-3-17(26)16(25)7-14)20(31(5-4-29)22(32)35)30-11-23(12-30)9-24(27,28)10-23/h2-3,6-8H,5,9-12H2,1H3. The third-order valence-corrected chi connectivity index (χ3v) is 6.80. The lowest BCUT2D eigenvalue weighted by atomic mass is 9.61. The fourth-order valence-electron chi connectivity index (χ4n) is 5.21. The number of aryl methyl sites for hydroxylation is 1. The summed E-state index contributed by atoms with van der Waals surface area (Å²) in [6, 6.07) is 7.72. The van der Waals surface area contributed by atoms with Crippen LogP contribution in [0.4, 0.5) is 19.0 Å². The number of alkyl halides is 2. The van der Waals surface area contributed by atoms with E-state index in [0.717, 1.165) is 21.3 Å². The maximum atomic E-state index is 13.9. The van der Waals surface area contributed by atoms with E-state index in [1.54, 1.807) is 4.90 Å². The molecule has 2 aromatic heterocycles. The van der Waals surface area contributed by atoms with Crippen LogP contribution in [-0.2, 0) is 6.54 Å². The highest BCUT2D eigenvalue weighted by atomic mass is 35.5. The molecular weight excluding hydrogens is 501 g/mol. The second-order valence-corrected chi connectivity index (χ2v) is 9.71. The highest BCUT2D eigenvalue weighted by Gasteiger charge is 2.62. The van der Waals surface area contributed by atoms with Crippen molar-refractivity contribution in [2.45, 2.75) is 32.2 Å². The average Bonchev–Trinajstić information content (AvgIpc) is 2.73. The van der Waals surface area contributed by atoms with Gasteiger partial charge in [-0.1, -0.05) is 17.7 Å². The Hall–Kier alpha value is -3.78. The highest BCUT2D eigenvalue weighted by Crippen LogP contribution is 2.57. The average molecular weight is 519 g/mol. The first-order valence-corrected chi connectivity index (χ1v) is 11.3. The van der Waals surface area contributed by atoms with E-state index in [4.69, 9.17) is 16.0 Å². The Morgan fingerprint density at radius 3 is 2.42 bits per heavy atom. The Labute approximate surface area is 206 Å². The van der Waals surface area contributed by atoms with Crippen molar-refractivity contribution >= 4 is 17.4 Å². The molecule has 3 heterocycles. The van der Waals surface area contributed by atoms with Gasteiger partial charge in [0.2, 0.25) is 5.92 Å². The van der Waals surface area contributed by atoms with Crippen molar-refractivity contribution in [3.8, 4) is 22.9 Å². The van der Waals surface area contributed by atoms with E-state index in [1.807, 2.05) is 6.07 Å². The van der Waals surface area contributed by atoms with Crippen molar-refractivity contribution in [1.82, 2.24) is 9.13 Å². The van der Waals surface area contributed by atoms with Crippen LogP contribution in [0.15, 0.2) is 49.1 Å². The van der Waals surface area contributed by atoms with Crippen molar-refractivity contribution in [3.63, 3.8) is 0 Å². The zero-order chi connectivity index (χ0) is 26.0. The third kappa shape index (κ3) is 3.82. The van der Waals surface area contributed by atoms with Crippen LogP contribution >= 0.6 is 11.6 Å². The van der Waals surface area contributed by atoms with Crippen molar-refractivity contribution in [2.75, 3.05) is 18.0 Å². The van der Waals surface area contributed by atoms with Gasteiger partial charge in [0, 0.05) is 43.5 Å². The number of halogens is 4. The largest absolute Gasteiger partial charge is 0.428 e. The summed E-state index contributed by atoms with van der Waals surface area (Å²) in [5.41, 5.74) is -3.21. The quantitative estimate of drug-likeness (QED) is 0.524. The van der Waals surface area contributed by atoms with E-state index in [9.17, 15) is 32.8 Å². The number of anilines is 1. The second-order valence-electron chi connectivity index (χ2n) is 9.31. The number of nitriles is 1. The minimum atomic E-state index is -2.76. The number of aromatic nitrogens is 2. The lowest BCUT2D eigenvalue weighted by Gasteiger charge is -2.59. The van der Waals surface area contributed by atoms with Gasteiger partial charge in [0.15, 0.2) is 0 Å². The SMILES string of the molecule is Cc1cc(-n2c(=O)c(-c3ccc(F)c(Cl)c3)c(N3CC4(C3)CC(F)(F)C4)n(CC#N)c2=O)cc(=O)o1. The number of hydrogen-bond donors (Lipinski definition) is 0. The molecule has 0 bridgehead atoms. The summed E-state index contributed by atoms with van der Waals surface area (Å²) in [5, 5.41) is 9.20. The maximum absolute atomic E-state index is 13.9. The molecule has 1 aromatic carbocycles. The van der Waals surface area contributed by atoms with Crippen LogP contribution < -0.4 is 21.8 Å². The van der Waals surface area contributed by atoms with Gasteiger partial charge in [0.1, 0.15) is 23.9 Å². The van der Waals surface area contributed by atoms with Crippen LogP contribution in [0.3, 0.4) is 0 Å². The first-order chi connectivity index (χ1) is 16.9. The molecule has 3 aromatic rings. The summed E-state index contributed by atoms with van der Waals surface area (Å²) in [5.74, 6) is -3.31. The molecule has 1 saturated carbocycles. The Balaban J connectivity index is 1.79. The lowest BCUT2D eigenvalue weighted by molar-refractivity contribution is -0.170. The van der Waals surface area contributed by atoms with Gasteiger partial charge < -0.3 is 9.32 Å². The Morgan fingerprint density at radius 1 is 1.14 bits per heavy atom. The number of hydrogen-bond acceptors (Lipinski definition) is 6. The first-order valence-electron chi connectivity index (χ1n) is 10.9. The number of benzene rings is 1. The molecule has 0 amide bonds. The number of rotatable bonds is 4. The summed E-state index contributed by atoms with van der Waals surface area (Å²) in [4.78, 5) is 40.9. The molecule has 2 fully saturated rings. The minimum absolute atomic E-state index is 0.0472. The van der Waals surface area contributed by atoms with E-state index in [0.29, 0.717) is 0 Å². The van der Waals surface area contributed by atoms with Gasteiger partial charge in [-0.15, -0.1) is 0 Å². The predicted octanol–water partition coefficient (Wildman–Crippen LogP) is 3.48. The first kappa shape index (κ1) is 23.9. The second kappa shape index (κ2) is 8.13. The molecule has 1 spiro atoms. The summed E-state index contributed by atoms with van der Waals surface area (Å²) in [6.07, 6.45) is -0.625. The minimum Gasteiger partial charge on any atom is -0.428 e. The molecule has 1 saturated heterocycles. The van der Waals surface area contributed by atoms with Crippen LogP contribution in [0.5, 0.6) is 0 Å². The van der Waals surface area contributed by atoms with Crippen molar-refractivity contribution in [3.05, 3.63) is 78.2 Å².